The average molecular weight is 373 g/mol. The second kappa shape index (κ2) is 7.34. The molecular weight excluding hydrogens is 350 g/mol. The van der Waals surface area contributed by atoms with Gasteiger partial charge in [0.05, 0.1) is 18.1 Å². The van der Waals surface area contributed by atoms with Crippen LogP contribution >= 0.6 is 11.3 Å². The zero-order valence-electron chi connectivity index (χ0n) is 14.9. The quantitative estimate of drug-likeness (QED) is 0.866. The van der Waals surface area contributed by atoms with E-state index in [-0.39, 0.29) is 11.8 Å². The second-order valence-electron chi connectivity index (χ2n) is 6.71. The summed E-state index contributed by atoms with van der Waals surface area (Å²) in [5.41, 5.74) is 1.01. The fourth-order valence-electron chi connectivity index (χ4n) is 3.67. The molecule has 2 aliphatic rings. The Labute approximate surface area is 156 Å². The molecule has 0 saturated carbocycles. The number of hydrogen-bond donors (Lipinski definition) is 1. The number of thiophene rings is 1. The Hall–Kier alpha value is -1.96. The van der Waals surface area contributed by atoms with E-state index in [4.69, 9.17) is 4.74 Å². The first-order valence-electron chi connectivity index (χ1n) is 9.03. The molecule has 0 bridgehead atoms. The van der Waals surface area contributed by atoms with Crippen LogP contribution in [0.1, 0.15) is 15.2 Å². The van der Waals surface area contributed by atoms with E-state index in [1.54, 1.807) is 4.90 Å². The third-order valence-electron chi connectivity index (χ3n) is 5.15. The van der Waals surface area contributed by atoms with Gasteiger partial charge in [0.15, 0.2) is 0 Å². The molecular formula is C19H23N3O3S. The molecule has 2 amide bonds. The Morgan fingerprint density at radius 1 is 1.19 bits per heavy atom. The normalized spacial score (nSPS) is 21.2. The summed E-state index contributed by atoms with van der Waals surface area (Å²) < 4.78 is 6.45. The van der Waals surface area contributed by atoms with Crippen molar-refractivity contribution in [1.29, 1.82) is 0 Å². The zero-order valence-corrected chi connectivity index (χ0v) is 15.7. The third kappa shape index (κ3) is 3.11. The Balaban J connectivity index is 1.61. The number of benzene rings is 1. The molecule has 3 heterocycles. The largest absolute Gasteiger partial charge is 0.378 e. The van der Waals surface area contributed by atoms with Crippen LogP contribution in [0.4, 0.5) is 0 Å². The molecule has 1 atom stereocenters. The number of morpholine rings is 1. The highest BCUT2D eigenvalue weighted by atomic mass is 32.1. The van der Waals surface area contributed by atoms with Crippen LogP contribution in [0.2, 0.25) is 0 Å². The number of aryl methyl sites for hydroxylation is 1. The highest BCUT2D eigenvalue weighted by Crippen LogP contribution is 2.32. The standard InChI is InChI=1S/C19H23N3O3S/c1-13-14-4-2-3-5-16(14)26-17(13)19(24)22-7-6-20-12-15(22)18(23)21-8-10-25-11-9-21/h2-5,15,20H,6-12H2,1H3/t15-/m1/s1. The molecule has 138 valence electrons. The van der Waals surface area contributed by atoms with Crippen molar-refractivity contribution >= 4 is 33.2 Å². The topological polar surface area (TPSA) is 61.9 Å². The van der Waals surface area contributed by atoms with Crippen molar-refractivity contribution in [3.63, 3.8) is 0 Å². The highest BCUT2D eigenvalue weighted by molar-refractivity contribution is 7.21. The molecule has 1 aromatic carbocycles. The average Bonchev–Trinajstić information content (AvgIpc) is 3.04. The van der Waals surface area contributed by atoms with Crippen molar-refractivity contribution in [3.8, 4) is 0 Å². The third-order valence-corrected chi connectivity index (χ3v) is 6.41. The van der Waals surface area contributed by atoms with Gasteiger partial charge >= 0.3 is 0 Å². The van der Waals surface area contributed by atoms with Crippen LogP contribution in [0.15, 0.2) is 24.3 Å². The lowest BCUT2D eigenvalue weighted by Crippen LogP contribution is -2.61. The molecule has 2 saturated heterocycles. The number of nitrogens with one attached hydrogen (secondary N) is 1. The summed E-state index contributed by atoms with van der Waals surface area (Å²) in [6.07, 6.45) is 0. The molecule has 0 unspecified atom stereocenters. The number of hydrogen-bond acceptors (Lipinski definition) is 5. The van der Waals surface area contributed by atoms with Crippen LogP contribution < -0.4 is 5.32 Å². The van der Waals surface area contributed by atoms with Gasteiger partial charge in [0.25, 0.3) is 5.91 Å². The monoisotopic (exact) mass is 373 g/mol. The smallest absolute Gasteiger partial charge is 0.265 e. The molecule has 6 nitrogen and oxygen atoms in total. The molecule has 2 aliphatic heterocycles. The fourth-order valence-corrected chi connectivity index (χ4v) is 4.84. The van der Waals surface area contributed by atoms with E-state index in [0.29, 0.717) is 45.9 Å². The Morgan fingerprint density at radius 3 is 2.73 bits per heavy atom. The van der Waals surface area contributed by atoms with Crippen molar-refractivity contribution in [2.24, 2.45) is 0 Å². The molecule has 1 aromatic heterocycles. The van der Waals surface area contributed by atoms with Crippen molar-refractivity contribution in [3.05, 3.63) is 34.7 Å². The number of fused-ring (bicyclic) bond motifs is 1. The minimum Gasteiger partial charge on any atom is -0.378 e. The van der Waals surface area contributed by atoms with Gasteiger partial charge in [-0.1, -0.05) is 18.2 Å². The van der Waals surface area contributed by atoms with Crippen molar-refractivity contribution in [2.45, 2.75) is 13.0 Å². The Kier molecular flexibility index (Phi) is 4.93. The van der Waals surface area contributed by atoms with Crippen LogP contribution in [0, 0.1) is 6.92 Å². The van der Waals surface area contributed by atoms with Crippen LogP contribution in [0.5, 0.6) is 0 Å². The van der Waals surface area contributed by atoms with E-state index in [9.17, 15) is 9.59 Å². The van der Waals surface area contributed by atoms with E-state index < -0.39 is 6.04 Å². The summed E-state index contributed by atoms with van der Waals surface area (Å²) in [6, 6.07) is 7.62. The summed E-state index contributed by atoms with van der Waals surface area (Å²) in [5.74, 6) is -0.00979. The molecule has 4 rings (SSSR count). The SMILES string of the molecule is Cc1c(C(=O)N2CCNC[C@@H]2C(=O)N2CCOCC2)sc2ccccc12. The maximum absolute atomic E-state index is 13.3. The van der Waals surface area contributed by atoms with E-state index in [2.05, 4.69) is 5.32 Å². The number of rotatable bonds is 2. The number of carbonyl (C=O) groups is 2. The first-order chi connectivity index (χ1) is 12.7. The van der Waals surface area contributed by atoms with Gasteiger partial charge in [-0.05, 0) is 23.9 Å². The van der Waals surface area contributed by atoms with Gasteiger partial charge in [0.2, 0.25) is 5.91 Å². The molecule has 0 aliphatic carbocycles. The number of piperazine rings is 1. The van der Waals surface area contributed by atoms with Gasteiger partial charge in [-0.2, -0.15) is 0 Å². The lowest BCUT2D eigenvalue weighted by molar-refractivity contribution is -0.140. The lowest BCUT2D eigenvalue weighted by atomic mass is 10.1. The molecule has 2 fully saturated rings. The second-order valence-corrected chi connectivity index (χ2v) is 7.76. The summed E-state index contributed by atoms with van der Waals surface area (Å²) in [7, 11) is 0. The van der Waals surface area contributed by atoms with Gasteiger partial charge in [-0.15, -0.1) is 11.3 Å². The number of ether oxygens (including phenoxy) is 1. The Morgan fingerprint density at radius 2 is 1.96 bits per heavy atom. The lowest BCUT2D eigenvalue weighted by Gasteiger charge is -2.39. The molecule has 1 N–H and O–H groups in total. The van der Waals surface area contributed by atoms with E-state index >= 15 is 0 Å². The first-order valence-corrected chi connectivity index (χ1v) is 9.85. The number of amides is 2. The zero-order chi connectivity index (χ0) is 18.1. The van der Waals surface area contributed by atoms with Gasteiger partial charge in [0.1, 0.15) is 6.04 Å². The van der Waals surface area contributed by atoms with E-state index in [1.807, 2.05) is 36.1 Å². The summed E-state index contributed by atoms with van der Waals surface area (Å²) in [5, 5.41) is 4.38. The van der Waals surface area contributed by atoms with Gasteiger partial charge < -0.3 is 19.9 Å². The van der Waals surface area contributed by atoms with Crippen molar-refractivity contribution in [2.75, 3.05) is 45.9 Å². The van der Waals surface area contributed by atoms with Crippen LogP contribution in [0.25, 0.3) is 10.1 Å². The predicted octanol–water partition coefficient (Wildman–Crippen LogP) is 1.48. The first kappa shape index (κ1) is 17.5. The van der Waals surface area contributed by atoms with Crippen molar-refractivity contribution in [1.82, 2.24) is 15.1 Å². The van der Waals surface area contributed by atoms with Gasteiger partial charge in [0, 0.05) is 37.4 Å². The minimum absolute atomic E-state index is 0.0209. The van der Waals surface area contributed by atoms with Crippen molar-refractivity contribution < 1.29 is 14.3 Å². The maximum Gasteiger partial charge on any atom is 0.265 e. The predicted molar refractivity (Wildman–Crippen MR) is 102 cm³/mol. The number of nitrogens with zero attached hydrogens (tertiary/aromatic N) is 2. The number of carbonyl (C=O) groups excluding carboxylic acids is 2. The molecule has 0 spiro atoms. The van der Waals surface area contributed by atoms with Gasteiger partial charge in [-0.25, -0.2) is 0 Å². The fraction of sp³-hybridized carbons (Fsp3) is 0.474. The molecule has 2 aromatic rings. The van der Waals surface area contributed by atoms with Gasteiger partial charge in [-0.3, -0.25) is 9.59 Å². The Bertz CT molecular complexity index is 829. The summed E-state index contributed by atoms with van der Waals surface area (Å²) >= 11 is 1.52. The summed E-state index contributed by atoms with van der Waals surface area (Å²) in [4.78, 5) is 30.6. The highest BCUT2D eigenvalue weighted by Gasteiger charge is 2.36. The van der Waals surface area contributed by atoms with E-state index in [0.717, 1.165) is 20.5 Å². The molecule has 7 heteroatoms. The van der Waals surface area contributed by atoms with Crippen LogP contribution in [-0.2, 0) is 9.53 Å². The summed E-state index contributed by atoms with van der Waals surface area (Å²) in [6.45, 7) is 6.08. The minimum atomic E-state index is -0.445. The molecule has 0 radical (unpaired) electrons. The maximum atomic E-state index is 13.3. The van der Waals surface area contributed by atoms with Crippen LogP contribution in [-0.4, -0.2) is 73.6 Å². The van der Waals surface area contributed by atoms with E-state index in [1.165, 1.54) is 11.3 Å². The van der Waals surface area contributed by atoms with Crippen LogP contribution in [0.3, 0.4) is 0 Å². The molecule has 26 heavy (non-hydrogen) atoms.